The van der Waals surface area contributed by atoms with Gasteiger partial charge in [-0.15, -0.1) is 0 Å². The SMILES string of the molecule is NC(Cc1cc(I)cc(I)c1Oc1cc(I)c(O)c(I)c1)C(=O)O. The van der Waals surface area contributed by atoms with Crippen LogP contribution in [0.1, 0.15) is 5.56 Å². The third-order valence-corrected chi connectivity index (χ3v) is 6.12. The van der Waals surface area contributed by atoms with E-state index in [0.717, 1.165) is 12.7 Å². The molecule has 0 saturated heterocycles. The lowest BCUT2D eigenvalue weighted by molar-refractivity contribution is -0.138. The summed E-state index contributed by atoms with van der Waals surface area (Å²) in [4.78, 5) is 11.1. The summed E-state index contributed by atoms with van der Waals surface area (Å²) in [7, 11) is 0. The molecule has 4 N–H and O–H groups in total. The average molecular weight is 777 g/mol. The summed E-state index contributed by atoms with van der Waals surface area (Å²) >= 11 is 8.40. The summed E-state index contributed by atoms with van der Waals surface area (Å²) < 4.78 is 9.22. The zero-order chi connectivity index (χ0) is 18.0. The Morgan fingerprint density at radius 1 is 1.08 bits per heavy atom. The maximum atomic E-state index is 11.1. The molecule has 0 fully saturated rings. The van der Waals surface area contributed by atoms with Crippen LogP contribution in [0.2, 0.25) is 0 Å². The molecule has 1 atom stereocenters. The van der Waals surface area contributed by atoms with Gasteiger partial charge in [0.25, 0.3) is 0 Å². The predicted octanol–water partition coefficient (Wildman–Crippen LogP) is 4.56. The Labute approximate surface area is 193 Å². The fourth-order valence-electron chi connectivity index (χ4n) is 1.92. The Morgan fingerprint density at radius 3 is 2.21 bits per heavy atom. The number of aromatic hydroxyl groups is 1. The molecule has 0 heterocycles. The minimum Gasteiger partial charge on any atom is -0.506 e. The number of aliphatic carboxylic acids is 1. The molecular formula is C15H11I4NO4. The molecule has 0 aromatic heterocycles. The van der Waals surface area contributed by atoms with E-state index in [1.54, 1.807) is 12.1 Å². The lowest BCUT2D eigenvalue weighted by atomic mass is 10.1. The second-order valence-corrected chi connectivity index (χ2v) is 9.59. The molecule has 1 unspecified atom stereocenters. The van der Waals surface area contributed by atoms with Crippen LogP contribution < -0.4 is 10.5 Å². The number of rotatable bonds is 5. The van der Waals surface area contributed by atoms with Crippen LogP contribution in [0.3, 0.4) is 0 Å². The van der Waals surface area contributed by atoms with Crippen molar-refractivity contribution in [2.24, 2.45) is 5.73 Å². The summed E-state index contributed by atoms with van der Waals surface area (Å²) in [5, 5.41) is 18.9. The number of phenolic OH excluding ortho intramolecular Hbond substituents is 1. The van der Waals surface area contributed by atoms with Crippen LogP contribution >= 0.6 is 90.4 Å². The Morgan fingerprint density at radius 2 is 1.67 bits per heavy atom. The van der Waals surface area contributed by atoms with Gasteiger partial charge in [0.15, 0.2) is 0 Å². The van der Waals surface area contributed by atoms with Crippen molar-refractivity contribution in [2.75, 3.05) is 0 Å². The van der Waals surface area contributed by atoms with E-state index in [2.05, 4.69) is 45.2 Å². The van der Waals surface area contributed by atoms with Gasteiger partial charge in [-0.3, -0.25) is 4.79 Å². The Bertz CT molecular complexity index is 774. The highest BCUT2D eigenvalue weighted by atomic mass is 127. The molecule has 0 aliphatic carbocycles. The van der Waals surface area contributed by atoms with Gasteiger partial charge in [-0.25, -0.2) is 0 Å². The Balaban J connectivity index is 2.44. The van der Waals surface area contributed by atoms with Crippen LogP contribution in [0, 0.1) is 14.3 Å². The predicted molar refractivity (Wildman–Crippen MR) is 125 cm³/mol. The normalized spacial score (nSPS) is 12.0. The number of ether oxygens (including phenoxy) is 1. The van der Waals surface area contributed by atoms with E-state index in [4.69, 9.17) is 15.6 Å². The standard InChI is InChI=1S/C15H11I4NO4/c16-7-1-6(2-12(20)15(22)23)14(11(19)3-7)24-8-4-9(17)13(21)10(18)5-8/h1,3-5,12,21H,2,20H2,(H,22,23). The number of hydrogen-bond acceptors (Lipinski definition) is 4. The second-order valence-electron chi connectivity index (χ2n) is 4.86. The van der Waals surface area contributed by atoms with Gasteiger partial charge in [0.2, 0.25) is 0 Å². The molecule has 0 saturated carbocycles. The van der Waals surface area contributed by atoms with E-state index in [9.17, 15) is 9.90 Å². The van der Waals surface area contributed by atoms with Crippen molar-refractivity contribution in [3.8, 4) is 17.2 Å². The number of carboxylic acid groups (broad SMARTS) is 1. The second kappa shape index (κ2) is 8.85. The van der Waals surface area contributed by atoms with E-state index >= 15 is 0 Å². The zero-order valence-corrected chi connectivity index (χ0v) is 20.5. The first-order valence-corrected chi connectivity index (χ1v) is 10.8. The van der Waals surface area contributed by atoms with Crippen LogP contribution in [-0.4, -0.2) is 22.2 Å². The number of halogens is 4. The monoisotopic (exact) mass is 777 g/mol. The van der Waals surface area contributed by atoms with Gasteiger partial charge in [0, 0.05) is 9.99 Å². The number of carboxylic acids is 1. The first kappa shape index (κ1) is 20.7. The molecule has 2 aromatic rings. The fourth-order valence-corrected chi connectivity index (χ4v) is 5.71. The number of benzene rings is 2. The lowest BCUT2D eigenvalue weighted by Crippen LogP contribution is -2.32. The van der Waals surface area contributed by atoms with Crippen LogP contribution in [0.15, 0.2) is 24.3 Å². The van der Waals surface area contributed by atoms with Gasteiger partial charge in [-0.05, 0) is 120 Å². The number of phenols is 1. The van der Waals surface area contributed by atoms with Crippen molar-refractivity contribution in [2.45, 2.75) is 12.5 Å². The average Bonchev–Trinajstić information content (AvgIpc) is 2.48. The van der Waals surface area contributed by atoms with Gasteiger partial charge in [-0.1, -0.05) is 0 Å². The summed E-state index contributed by atoms with van der Waals surface area (Å²) in [5.41, 5.74) is 6.42. The molecule has 2 aromatic carbocycles. The molecule has 0 amide bonds. The highest BCUT2D eigenvalue weighted by Crippen LogP contribution is 2.36. The van der Waals surface area contributed by atoms with Crippen LogP contribution in [0.5, 0.6) is 17.2 Å². The fraction of sp³-hybridized carbons (Fsp3) is 0.133. The van der Waals surface area contributed by atoms with Gasteiger partial charge in [0.05, 0.1) is 10.7 Å². The molecule has 0 spiro atoms. The molecule has 2 rings (SSSR count). The van der Waals surface area contributed by atoms with Crippen LogP contribution in [0.25, 0.3) is 0 Å². The first-order chi connectivity index (χ1) is 11.2. The van der Waals surface area contributed by atoms with E-state index in [1.807, 2.05) is 57.3 Å². The van der Waals surface area contributed by atoms with E-state index in [-0.39, 0.29) is 12.2 Å². The van der Waals surface area contributed by atoms with Crippen molar-refractivity contribution in [3.05, 3.63) is 44.1 Å². The van der Waals surface area contributed by atoms with Crippen molar-refractivity contribution >= 4 is 96.3 Å². The summed E-state index contributed by atoms with van der Waals surface area (Å²) in [6.45, 7) is 0. The van der Waals surface area contributed by atoms with E-state index in [1.165, 1.54) is 0 Å². The highest BCUT2D eigenvalue weighted by molar-refractivity contribution is 14.1. The maximum Gasteiger partial charge on any atom is 0.320 e. The third-order valence-electron chi connectivity index (χ3n) is 3.05. The van der Waals surface area contributed by atoms with Crippen molar-refractivity contribution in [3.63, 3.8) is 0 Å². The van der Waals surface area contributed by atoms with Crippen molar-refractivity contribution in [1.29, 1.82) is 0 Å². The van der Waals surface area contributed by atoms with E-state index in [0.29, 0.717) is 18.6 Å². The molecule has 0 radical (unpaired) electrons. The van der Waals surface area contributed by atoms with Crippen molar-refractivity contribution < 1.29 is 19.7 Å². The van der Waals surface area contributed by atoms with Crippen LogP contribution in [-0.2, 0) is 11.2 Å². The highest BCUT2D eigenvalue weighted by Gasteiger charge is 2.19. The number of hydrogen-bond donors (Lipinski definition) is 3. The molecule has 5 nitrogen and oxygen atoms in total. The Kier molecular flexibility index (Phi) is 7.64. The van der Waals surface area contributed by atoms with Gasteiger partial charge in [0.1, 0.15) is 23.3 Å². The molecule has 0 bridgehead atoms. The van der Waals surface area contributed by atoms with Gasteiger partial charge in [-0.2, -0.15) is 0 Å². The minimum absolute atomic E-state index is 0.170. The zero-order valence-electron chi connectivity index (χ0n) is 11.9. The topological polar surface area (TPSA) is 92.8 Å². The Hall–Kier alpha value is 0.390. The molecule has 0 aliphatic heterocycles. The van der Waals surface area contributed by atoms with Crippen LogP contribution in [0.4, 0.5) is 0 Å². The minimum atomic E-state index is -1.05. The van der Waals surface area contributed by atoms with Crippen molar-refractivity contribution in [1.82, 2.24) is 0 Å². The third kappa shape index (κ3) is 5.20. The molecule has 24 heavy (non-hydrogen) atoms. The molecule has 9 heteroatoms. The lowest BCUT2D eigenvalue weighted by Gasteiger charge is -2.16. The van der Waals surface area contributed by atoms with E-state index < -0.39 is 12.0 Å². The molecule has 128 valence electrons. The molecule has 0 aliphatic rings. The van der Waals surface area contributed by atoms with Gasteiger partial charge < -0.3 is 20.7 Å². The summed E-state index contributed by atoms with van der Waals surface area (Å²) in [5.74, 6) is 0.327. The number of carbonyl (C=O) groups is 1. The smallest absolute Gasteiger partial charge is 0.320 e. The quantitative estimate of drug-likeness (QED) is 0.388. The van der Waals surface area contributed by atoms with Gasteiger partial charge >= 0.3 is 5.97 Å². The molecular weight excluding hydrogens is 766 g/mol. The largest absolute Gasteiger partial charge is 0.506 e. The maximum absolute atomic E-state index is 11.1. The first-order valence-electron chi connectivity index (χ1n) is 6.51. The summed E-state index contributed by atoms with van der Waals surface area (Å²) in [6, 6.07) is 6.28. The summed E-state index contributed by atoms with van der Waals surface area (Å²) in [6.07, 6.45) is 0.170. The number of nitrogens with two attached hydrogens (primary N) is 1.